The second-order valence-electron chi connectivity index (χ2n) is 7.73. The first-order chi connectivity index (χ1) is 13.8. The third kappa shape index (κ3) is 4.70. The lowest BCUT2D eigenvalue weighted by Crippen LogP contribution is -2.33. The van der Waals surface area contributed by atoms with Gasteiger partial charge in [-0.2, -0.15) is 5.10 Å². The minimum absolute atomic E-state index is 0.0150. The van der Waals surface area contributed by atoms with Crippen molar-refractivity contribution in [2.24, 2.45) is 0 Å². The standard InChI is InChI=1S/C19H24N4O5S/c1-11(2)20-19(24)28-15-6-17(27-8-15)16-7-18(23-22-16)21-14-4-3-12-9-29(25,26)10-13(12)5-14/h3-5,7,11,15,17H,6,8-10H2,1-2H3,(H,20,24)(H2,21,22,23)/t15-,17?/m0/s1. The number of rotatable bonds is 5. The van der Waals surface area contributed by atoms with Crippen LogP contribution in [-0.4, -0.2) is 43.5 Å². The second kappa shape index (κ2) is 7.68. The van der Waals surface area contributed by atoms with Gasteiger partial charge in [0.15, 0.2) is 15.7 Å². The fraction of sp³-hybridized carbons (Fsp3) is 0.474. The lowest BCUT2D eigenvalue weighted by atomic mass is 10.1. The number of hydrogen-bond acceptors (Lipinski definition) is 7. The molecule has 1 amide bonds. The Bertz CT molecular complexity index is 1020. The molecule has 0 radical (unpaired) electrons. The van der Waals surface area contributed by atoms with Crippen LogP contribution < -0.4 is 10.6 Å². The van der Waals surface area contributed by atoms with E-state index in [1.165, 1.54) is 0 Å². The van der Waals surface area contributed by atoms with Gasteiger partial charge in [-0.25, -0.2) is 13.2 Å². The van der Waals surface area contributed by atoms with Crippen molar-refractivity contribution in [1.82, 2.24) is 15.5 Å². The molecule has 10 heteroatoms. The number of hydrogen-bond donors (Lipinski definition) is 3. The zero-order valence-corrected chi connectivity index (χ0v) is 17.1. The molecule has 0 saturated carbocycles. The Morgan fingerprint density at radius 3 is 2.86 bits per heavy atom. The number of nitrogens with zero attached hydrogens (tertiary/aromatic N) is 1. The zero-order valence-electron chi connectivity index (χ0n) is 16.3. The van der Waals surface area contributed by atoms with Crippen LogP contribution in [0.15, 0.2) is 24.3 Å². The molecule has 2 aliphatic rings. The monoisotopic (exact) mass is 420 g/mol. The fourth-order valence-corrected chi connectivity index (χ4v) is 5.14. The van der Waals surface area contributed by atoms with Crippen molar-refractivity contribution in [1.29, 1.82) is 0 Å². The van der Waals surface area contributed by atoms with E-state index in [0.29, 0.717) is 18.8 Å². The maximum absolute atomic E-state index is 11.8. The summed E-state index contributed by atoms with van der Waals surface area (Å²) in [7, 11) is -3.03. The first-order valence-corrected chi connectivity index (χ1v) is 11.3. The normalized spacial score (nSPS) is 22.4. The van der Waals surface area contributed by atoms with Crippen molar-refractivity contribution < 1.29 is 22.7 Å². The Kier molecular flexibility index (Phi) is 5.22. The molecule has 3 N–H and O–H groups in total. The summed E-state index contributed by atoms with van der Waals surface area (Å²) >= 11 is 0. The van der Waals surface area contributed by atoms with Crippen LogP contribution in [0.2, 0.25) is 0 Å². The van der Waals surface area contributed by atoms with Crippen LogP contribution in [0.3, 0.4) is 0 Å². The van der Waals surface area contributed by atoms with E-state index in [9.17, 15) is 13.2 Å². The molecule has 156 valence electrons. The van der Waals surface area contributed by atoms with Crippen molar-refractivity contribution in [3.05, 3.63) is 41.1 Å². The highest BCUT2D eigenvalue weighted by Crippen LogP contribution is 2.32. The Morgan fingerprint density at radius 1 is 1.28 bits per heavy atom. The van der Waals surface area contributed by atoms with Crippen molar-refractivity contribution in [3.63, 3.8) is 0 Å². The zero-order chi connectivity index (χ0) is 20.6. The quantitative estimate of drug-likeness (QED) is 0.679. The molecule has 0 spiro atoms. The number of carbonyl (C=O) groups is 1. The number of aromatic amines is 1. The fourth-order valence-electron chi connectivity index (χ4n) is 3.54. The molecule has 1 fully saturated rings. The van der Waals surface area contributed by atoms with Crippen molar-refractivity contribution in [2.75, 3.05) is 11.9 Å². The minimum Gasteiger partial charge on any atom is -0.444 e. The van der Waals surface area contributed by atoms with Crippen LogP contribution >= 0.6 is 0 Å². The van der Waals surface area contributed by atoms with Crippen molar-refractivity contribution >= 4 is 27.4 Å². The van der Waals surface area contributed by atoms with E-state index >= 15 is 0 Å². The summed E-state index contributed by atoms with van der Waals surface area (Å²) in [5.41, 5.74) is 3.24. The highest BCUT2D eigenvalue weighted by atomic mass is 32.2. The van der Waals surface area contributed by atoms with Gasteiger partial charge in [-0.15, -0.1) is 0 Å². The molecule has 3 heterocycles. The first kappa shape index (κ1) is 19.7. The third-order valence-electron chi connectivity index (χ3n) is 4.81. The average Bonchev–Trinajstić information content (AvgIpc) is 3.31. The Labute approximate surface area is 169 Å². The van der Waals surface area contributed by atoms with Gasteiger partial charge in [0.1, 0.15) is 12.2 Å². The first-order valence-electron chi connectivity index (χ1n) is 9.51. The number of alkyl carbamates (subject to hydrolysis) is 1. The van der Waals surface area contributed by atoms with Crippen LogP contribution in [0, 0.1) is 0 Å². The number of ether oxygens (including phenoxy) is 2. The molecule has 9 nitrogen and oxygen atoms in total. The molecule has 4 rings (SSSR count). The van der Waals surface area contributed by atoms with E-state index in [1.807, 2.05) is 38.1 Å². The minimum atomic E-state index is -3.03. The van der Waals surface area contributed by atoms with Gasteiger partial charge < -0.3 is 20.1 Å². The predicted octanol–water partition coefficient (Wildman–Crippen LogP) is 2.55. The SMILES string of the molecule is CC(C)NC(=O)O[C@@H]1COC(c2cc(Nc3ccc4c(c3)CS(=O)(=O)C4)n[nH]2)C1. The summed E-state index contributed by atoms with van der Waals surface area (Å²) in [5.74, 6) is 0.782. The predicted molar refractivity (Wildman–Crippen MR) is 106 cm³/mol. The molecule has 0 aliphatic carbocycles. The van der Waals surface area contributed by atoms with Crippen molar-refractivity contribution in [3.8, 4) is 0 Å². The Balaban J connectivity index is 1.36. The number of aromatic nitrogens is 2. The summed E-state index contributed by atoms with van der Waals surface area (Å²) in [6.07, 6.45) is -0.443. The topological polar surface area (TPSA) is 122 Å². The summed E-state index contributed by atoms with van der Waals surface area (Å²) in [4.78, 5) is 11.7. The number of sulfone groups is 1. The molecular formula is C19H24N4O5S. The molecular weight excluding hydrogens is 396 g/mol. The smallest absolute Gasteiger partial charge is 0.407 e. The summed E-state index contributed by atoms with van der Waals surface area (Å²) in [6.45, 7) is 4.07. The lowest BCUT2D eigenvalue weighted by Gasteiger charge is -2.13. The highest BCUT2D eigenvalue weighted by molar-refractivity contribution is 7.90. The largest absolute Gasteiger partial charge is 0.444 e. The molecule has 0 bridgehead atoms. The van der Waals surface area contributed by atoms with Crippen LogP contribution in [0.4, 0.5) is 16.3 Å². The highest BCUT2D eigenvalue weighted by Gasteiger charge is 2.31. The van der Waals surface area contributed by atoms with Gasteiger partial charge in [0, 0.05) is 24.2 Å². The van der Waals surface area contributed by atoms with E-state index in [1.54, 1.807) is 0 Å². The van der Waals surface area contributed by atoms with Crippen LogP contribution in [-0.2, 0) is 30.8 Å². The molecule has 2 aromatic rings. The lowest BCUT2D eigenvalue weighted by molar-refractivity contribution is 0.0682. The van der Waals surface area contributed by atoms with Gasteiger partial charge >= 0.3 is 6.09 Å². The molecule has 1 unspecified atom stereocenters. The molecule has 29 heavy (non-hydrogen) atoms. The Morgan fingerprint density at radius 2 is 2.07 bits per heavy atom. The van der Waals surface area contributed by atoms with E-state index < -0.39 is 15.9 Å². The van der Waals surface area contributed by atoms with E-state index in [2.05, 4.69) is 20.8 Å². The summed E-state index contributed by atoms with van der Waals surface area (Å²) in [6, 6.07) is 7.38. The van der Waals surface area contributed by atoms with E-state index in [-0.39, 0.29) is 29.8 Å². The maximum Gasteiger partial charge on any atom is 0.407 e. The number of benzene rings is 1. The summed E-state index contributed by atoms with van der Waals surface area (Å²) < 4.78 is 34.6. The maximum atomic E-state index is 11.8. The number of H-pyrrole nitrogens is 1. The van der Waals surface area contributed by atoms with Gasteiger partial charge in [-0.3, -0.25) is 5.10 Å². The van der Waals surface area contributed by atoms with Crippen molar-refractivity contribution in [2.45, 2.75) is 50.0 Å². The number of fused-ring (bicyclic) bond motifs is 1. The molecule has 1 aromatic heterocycles. The van der Waals surface area contributed by atoms with Gasteiger partial charge in [-0.1, -0.05) is 6.07 Å². The van der Waals surface area contributed by atoms with Gasteiger partial charge in [0.05, 0.1) is 23.8 Å². The summed E-state index contributed by atoms with van der Waals surface area (Å²) in [5, 5.41) is 13.1. The van der Waals surface area contributed by atoms with Gasteiger partial charge in [-0.05, 0) is 37.1 Å². The van der Waals surface area contributed by atoms with E-state index in [4.69, 9.17) is 9.47 Å². The number of carbonyl (C=O) groups excluding carboxylic acids is 1. The second-order valence-corrected chi connectivity index (χ2v) is 9.80. The van der Waals surface area contributed by atoms with Crippen LogP contribution in [0.1, 0.15) is 43.2 Å². The molecule has 2 atom stereocenters. The third-order valence-corrected chi connectivity index (χ3v) is 6.32. The molecule has 2 aliphatic heterocycles. The number of nitrogens with one attached hydrogen (secondary N) is 3. The molecule has 1 aromatic carbocycles. The van der Waals surface area contributed by atoms with Gasteiger partial charge in [0.2, 0.25) is 0 Å². The van der Waals surface area contributed by atoms with Gasteiger partial charge in [0.25, 0.3) is 0 Å². The van der Waals surface area contributed by atoms with E-state index in [0.717, 1.165) is 22.5 Å². The Hall–Kier alpha value is -2.59. The van der Waals surface area contributed by atoms with Crippen LogP contribution in [0.25, 0.3) is 0 Å². The molecule has 1 saturated heterocycles. The number of amides is 1. The number of anilines is 2. The average molecular weight is 420 g/mol. The van der Waals surface area contributed by atoms with Crippen LogP contribution in [0.5, 0.6) is 0 Å².